The number of aryl methyl sites for hydroxylation is 1. The van der Waals surface area contributed by atoms with Gasteiger partial charge in [0.25, 0.3) is 0 Å². The first-order valence-corrected chi connectivity index (χ1v) is 11.3. The molecular formula is C24H23BrF3N3. The Hall–Kier alpha value is -2.59. The third-order valence-corrected chi connectivity index (χ3v) is 5.70. The lowest BCUT2D eigenvalue weighted by atomic mass is 9.96. The summed E-state index contributed by atoms with van der Waals surface area (Å²) in [5, 5.41) is 14.0. The van der Waals surface area contributed by atoms with E-state index in [2.05, 4.69) is 34.0 Å². The summed E-state index contributed by atoms with van der Waals surface area (Å²) < 4.78 is 40.2. The lowest BCUT2D eigenvalue weighted by molar-refractivity contribution is -0.143. The predicted octanol–water partition coefficient (Wildman–Crippen LogP) is 6.81. The summed E-state index contributed by atoms with van der Waals surface area (Å²) in [7, 11) is 0. The van der Waals surface area contributed by atoms with Crippen molar-refractivity contribution in [3.63, 3.8) is 0 Å². The van der Waals surface area contributed by atoms with E-state index in [1.54, 1.807) is 6.07 Å². The highest BCUT2D eigenvalue weighted by atomic mass is 79.9. The topological polar surface area (TPSA) is 41.6 Å². The van der Waals surface area contributed by atoms with E-state index in [-0.39, 0.29) is 0 Å². The molecule has 0 aliphatic carbocycles. The lowest BCUT2D eigenvalue weighted by Crippen LogP contribution is -2.20. The molecule has 162 valence electrons. The van der Waals surface area contributed by atoms with Crippen molar-refractivity contribution in [2.24, 2.45) is 0 Å². The Morgan fingerprint density at radius 2 is 1.81 bits per heavy atom. The van der Waals surface area contributed by atoms with Crippen molar-refractivity contribution < 1.29 is 13.2 Å². The zero-order chi connectivity index (χ0) is 22.4. The number of rotatable bonds is 8. The molecule has 0 radical (unpaired) electrons. The van der Waals surface area contributed by atoms with E-state index in [0.29, 0.717) is 29.4 Å². The Balaban J connectivity index is 1.93. The van der Waals surface area contributed by atoms with Crippen LogP contribution >= 0.6 is 15.9 Å². The van der Waals surface area contributed by atoms with Crippen LogP contribution in [0.15, 0.2) is 48.5 Å². The molecule has 0 fully saturated rings. The summed E-state index contributed by atoms with van der Waals surface area (Å²) in [6.45, 7) is 0.965. The molecule has 0 saturated carbocycles. The Bertz CT molecular complexity index is 1060. The second kappa shape index (κ2) is 10.1. The second-order valence-corrected chi connectivity index (χ2v) is 7.97. The van der Waals surface area contributed by atoms with Crippen LogP contribution in [0.5, 0.6) is 0 Å². The van der Waals surface area contributed by atoms with Gasteiger partial charge in [0.1, 0.15) is 6.54 Å². The third-order valence-electron chi connectivity index (χ3n) is 5.17. The maximum atomic E-state index is 13.0. The SMILES string of the molecule is CCCCc1nn(CC(F)(F)F)c(CBr)c1Cc1ccc(-c2ccccc2C#N)cc1. The van der Waals surface area contributed by atoms with Gasteiger partial charge in [0.15, 0.2) is 0 Å². The van der Waals surface area contributed by atoms with Crippen LogP contribution in [-0.4, -0.2) is 16.0 Å². The number of benzene rings is 2. The number of alkyl halides is 4. The zero-order valence-corrected chi connectivity index (χ0v) is 18.8. The number of unbranched alkanes of at least 4 members (excludes halogenated alkanes) is 1. The average Bonchev–Trinajstić information content (AvgIpc) is 3.06. The molecule has 0 atom stereocenters. The summed E-state index contributed by atoms with van der Waals surface area (Å²) in [6.07, 6.45) is -1.33. The van der Waals surface area contributed by atoms with Gasteiger partial charge in [0, 0.05) is 17.3 Å². The number of hydrogen-bond acceptors (Lipinski definition) is 2. The van der Waals surface area contributed by atoms with Crippen LogP contribution < -0.4 is 0 Å². The molecule has 3 rings (SSSR count). The van der Waals surface area contributed by atoms with E-state index in [4.69, 9.17) is 0 Å². The summed E-state index contributed by atoms with van der Waals surface area (Å²) in [5.41, 5.74) is 5.55. The van der Waals surface area contributed by atoms with Gasteiger partial charge < -0.3 is 0 Å². The maximum Gasteiger partial charge on any atom is 0.408 e. The van der Waals surface area contributed by atoms with Crippen molar-refractivity contribution in [3.8, 4) is 17.2 Å². The van der Waals surface area contributed by atoms with Gasteiger partial charge >= 0.3 is 6.18 Å². The van der Waals surface area contributed by atoms with Crippen LogP contribution in [-0.2, 0) is 24.7 Å². The fraction of sp³-hybridized carbons (Fsp3) is 0.333. The summed E-state index contributed by atoms with van der Waals surface area (Å²) in [4.78, 5) is 0. The highest BCUT2D eigenvalue weighted by Gasteiger charge is 2.31. The van der Waals surface area contributed by atoms with Gasteiger partial charge in [-0.05, 0) is 35.6 Å². The van der Waals surface area contributed by atoms with Crippen molar-refractivity contribution in [1.29, 1.82) is 5.26 Å². The van der Waals surface area contributed by atoms with Crippen LogP contribution in [0, 0.1) is 11.3 Å². The molecule has 0 saturated heterocycles. The molecule has 0 spiro atoms. The zero-order valence-electron chi connectivity index (χ0n) is 17.2. The van der Waals surface area contributed by atoms with Crippen molar-refractivity contribution in [1.82, 2.24) is 9.78 Å². The monoisotopic (exact) mass is 489 g/mol. The van der Waals surface area contributed by atoms with Crippen molar-refractivity contribution in [2.45, 2.75) is 50.7 Å². The van der Waals surface area contributed by atoms with Crippen LogP contribution in [0.3, 0.4) is 0 Å². The second-order valence-electron chi connectivity index (χ2n) is 7.41. The molecule has 0 N–H and O–H groups in total. The molecule has 31 heavy (non-hydrogen) atoms. The highest BCUT2D eigenvalue weighted by molar-refractivity contribution is 9.08. The van der Waals surface area contributed by atoms with Gasteiger partial charge in [0.05, 0.1) is 23.0 Å². The Morgan fingerprint density at radius 1 is 1.10 bits per heavy atom. The van der Waals surface area contributed by atoms with Crippen LogP contribution in [0.1, 0.15) is 47.8 Å². The lowest BCUT2D eigenvalue weighted by Gasteiger charge is -2.10. The number of nitriles is 1. The van der Waals surface area contributed by atoms with Gasteiger partial charge in [-0.1, -0.05) is 71.7 Å². The Morgan fingerprint density at radius 3 is 2.42 bits per heavy atom. The van der Waals surface area contributed by atoms with Crippen molar-refractivity contribution >= 4 is 15.9 Å². The van der Waals surface area contributed by atoms with E-state index in [1.807, 2.05) is 42.5 Å². The first kappa shape index (κ1) is 23.1. The summed E-state index contributed by atoms with van der Waals surface area (Å²) in [5.74, 6) is 0. The van der Waals surface area contributed by atoms with E-state index in [0.717, 1.165) is 45.5 Å². The third kappa shape index (κ3) is 5.76. The number of halogens is 4. The molecule has 2 aromatic carbocycles. The van der Waals surface area contributed by atoms with Gasteiger partial charge in [-0.15, -0.1) is 0 Å². The van der Waals surface area contributed by atoms with Gasteiger partial charge in [-0.2, -0.15) is 23.5 Å². The molecule has 0 aliphatic rings. The normalized spacial score (nSPS) is 11.5. The molecule has 7 heteroatoms. The minimum Gasteiger partial charge on any atom is -0.259 e. The molecule has 1 aromatic heterocycles. The quantitative estimate of drug-likeness (QED) is 0.326. The number of aromatic nitrogens is 2. The van der Waals surface area contributed by atoms with Crippen LogP contribution in [0.25, 0.3) is 11.1 Å². The first-order chi connectivity index (χ1) is 14.9. The standard InChI is InChI=1S/C24H23BrF3N3/c1-2-3-8-22-21(23(14-25)31(30-22)16-24(26,27)28)13-17-9-11-18(12-10-17)20-7-5-4-6-19(20)15-29/h4-7,9-12H,2-3,8,13-14,16H2,1H3. The fourth-order valence-electron chi connectivity index (χ4n) is 3.63. The van der Waals surface area contributed by atoms with Crippen molar-refractivity contribution in [2.75, 3.05) is 0 Å². The van der Waals surface area contributed by atoms with Gasteiger partial charge in [-0.25, -0.2) is 0 Å². The smallest absolute Gasteiger partial charge is 0.259 e. The van der Waals surface area contributed by atoms with Crippen molar-refractivity contribution in [3.05, 3.63) is 76.6 Å². The van der Waals surface area contributed by atoms with E-state index in [9.17, 15) is 18.4 Å². The largest absolute Gasteiger partial charge is 0.408 e. The maximum absolute atomic E-state index is 13.0. The van der Waals surface area contributed by atoms with E-state index in [1.165, 1.54) is 0 Å². The molecule has 3 nitrogen and oxygen atoms in total. The fourth-order valence-corrected chi connectivity index (χ4v) is 4.25. The van der Waals surface area contributed by atoms with E-state index >= 15 is 0 Å². The summed E-state index contributed by atoms with van der Waals surface area (Å²) in [6, 6.07) is 17.4. The minimum atomic E-state index is -4.32. The average molecular weight is 490 g/mol. The first-order valence-electron chi connectivity index (χ1n) is 10.1. The number of nitrogens with zero attached hydrogens (tertiary/aromatic N) is 3. The molecule has 0 amide bonds. The molecule has 0 aliphatic heterocycles. The van der Waals surface area contributed by atoms with E-state index < -0.39 is 12.7 Å². The van der Waals surface area contributed by atoms with Gasteiger partial charge in [-0.3, -0.25) is 4.68 Å². The molecular weight excluding hydrogens is 467 g/mol. The molecule has 1 heterocycles. The van der Waals surface area contributed by atoms with Crippen LogP contribution in [0.4, 0.5) is 13.2 Å². The molecule has 0 unspecified atom stereocenters. The minimum absolute atomic E-state index is 0.311. The van der Waals surface area contributed by atoms with Gasteiger partial charge in [0.2, 0.25) is 0 Å². The molecule has 0 bridgehead atoms. The Kier molecular flexibility index (Phi) is 7.55. The van der Waals surface area contributed by atoms with Crippen LogP contribution in [0.2, 0.25) is 0 Å². The summed E-state index contributed by atoms with van der Waals surface area (Å²) >= 11 is 3.36. The number of hydrogen-bond donors (Lipinski definition) is 0. The Labute approximate surface area is 188 Å². The predicted molar refractivity (Wildman–Crippen MR) is 119 cm³/mol. The highest BCUT2D eigenvalue weighted by Crippen LogP contribution is 2.28. The molecule has 3 aromatic rings.